The number of rotatable bonds is 3. The van der Waals surface area contributed by atoms with Crippen molar-refractivity contribution >= 4 is 16.8 Å². The number of oxazole rings is 1. The number of anilines is 1. The molecule has 1 fully saturated rings. The lowest BCUT2D eigenvalue weighted by Crippen LogP contribution is -1.97. The smallest absolute Gasteiger partial charge is 0.198 e. The molecule has 1 N–H and O–H groups in total. The van der Waals surface area contributed by atoms with Gasteiger partial charge in [-0.3, -0.25) is 0 Å². The highest BCUT2D eigenvalue weighted by atomic mass is 16.3. The van der Waals surface area contributed by atoms with Crippen LogP contribution in [0.4, 0.5) is 5.69 Å². The molecule has 0 aliphatic heterocycles. The highest BCUT2D eigenvalue weighted by Gasteiger charge is 2.28. The Morgan fingerprint density at radius 3 is 3.12 bits per heavy atom. The first-order chi connectivity index (χ1) is 7.86. The molecule has 3 heteroatoms. The van der Waals surface area contributed by atoms with Gasteiger partial charge < -0.3 is 9.73 Å². The number of nitrogens with one attached hydrogen (secondary N) is 1. The molecule has 0 radical (unpaired) electrons. The van der Waals surface area contributed by atoms with Crippen molar-refractivity contribution in [2.24, 2.45) is 0 Å². The van der Waals surface area contributed by atoms with E-state index >= 15 is 0 Å². The molecule has 2 aromatic rings. The molecule has 0 amide bonds. The van der Waals surface area contributed by atoms with Gasteiger partial charge >= 0.3 is 0 Å². The standard InChI is InChI=1S/C13H12N2O/c1-2-7-14-10-5-6-12-11(8-10)15-13(16-12)9-3-4-9/h1,5-6,8-9,14H,3-4,7H2. The summed E-state index contributed by atoms with van der Waals surface area (Å²) in [6, 6.07) is 5.87. The van der Waals surface area contributed by atoms with Gasteiger partial charge in [0, 0.05) is 11.6 Å². The van der Waals surface area contributed by atoms with Crippen LogP contribution in [0.3, 0.4) is 0 Å². The van der Waals surface area contributed by atoms with Crippen molar-refractivity contribution in [1.29, 1.82) is 0 Å². The average Bonchev–Trinajstić information content (AvgIpc) is 3.06. The first-order valence-electron chi connectivity index (χ1n) is 5.44. The normalized spacial score (nSPS) is 14.9. The monoisotopic (exact) mass is 212 g/mol. The molecule has 1 aromatic carbocycles. The van der Waals surface area contributed by atoms with Gasteiger partial charge in [-0.1, -0.05) is 5.92 Å². The van der Waals surface area contributed by atoms with Crippen LogP contribution in [-0.4, -0.2) is 11.5 Å². The molecule has 1 aromatic heterocycles. The molecular formula is C13H12N2O. The lowest BCUT2D eigenvalue weighted by Gasteiger charge is -2.00. The lowest BCUT2D eigenvalue weighted by atomic mass is 10.3. The van der Waals surface area contributed by atoms with Gasteiger partial charge in [-0.15, -0.1) is 6.42 Å². The highest BCUT2D eigenvalue weighted by Crippen LogP contribution is 2.40. The lowest BCUT2D eigenvalue weighted by molar-refractivity contribution is 0.533. The summed E-state index contributed by atoms with van der Waals surface area (Å²) in [6.45, 7) is 0.527. The van der Waals surface area contributed by atoms with Crippen LogP contribution in [-0.2, 0) is 0 Å². The van der Waals surface area contributed by atoms with Gasteiger partial charge in [0.2, 0.25) is 0 Å². The topological polar surface area (TPSA) is 38.1 Å². The molecule has 1 heterocycles. The highest BCUT2D eigenvalue weighted by molar-refractivity contribution is 5.77. The number of nitrogens with zero attached hydrogens (tertiary/aromatic N) is 1. The number of hydrogen-bond donors (Lipinski definition) is 1. The van der Waals surface area contributed by atoms with Crippen molar-refractivity contribution in [3.05, 3.63) is 24.1 Å². The summed E-state index contributed by atoms with van der Waals surface area (Å²) in [5, 5.41) is 3.12. The second kappa shape index (κ2) is 3.57. The Bertz CT molecular complexity index is 561. The van der Waals surface area contributed by atoms with Gasteiger partial charge in [-0.05, 0) is 31.0 Å². The third-order valence-electron chi connectivity index (χ3n) is 2.73. The fourth-order valence-electron chi connectivity index (χ4n) is 1.71. The van der Waals surface area contributed by atoms with Gasteiger partial charge in [0.1, 0.15) is 5.52 Å². The van der Waals surface area contributed by atoms with Gasteiger partial charge in [-0.25, -0.2) is 4.98 Å². The Labute approximate surface area is 93.9 Å². The molecule has 3 nitrogen and oxygen atoms in total. The molecule has 1 saturated carbocycles. The quantitative estimate of drug-likeness (QED) is 0.795. The number of fused-ring (bicyclic) bond motifs is 1. The summed E-state index contributed by atoms with van der Waals surface area (Å²) >= 11 is 0. The first kappa shape index (κ1) is 9.29. The van der Waals surface area contributed by atoms with Crippen LogP contribution in [0.25, 0.3) is 11.1 Å². The zero-order valence-corrected chi connectivity index (χ0v) is 8.86. The van der Waals surface area contributed by atoms with Gasteiger partial charge in [0.15, 0.2) is 11.5 Å². The predicted octanol–water partition coefficient (Wildman–Crippen LogP) is 2.75. The first-order valence-corrected chi connectivity index (χ1v) is 5.44. The second-order valence-corrected chi connectivity index (χ2v) is 4.07. The Hall–Kier alpha value is -1.95. The van der Waals surface area contributed by atoms with Crippen molar-refractivity contribution in [2.45, 2.75) is 18.8 Å². The summed E-state index contributed by atoms with van der Waals surface area (Å²) in [7, 11) is 0. The number of aromatic nitrogens is 1. The molecular weight excluding hydrogens is 200 g/mol. The molecule has 0 atom stereocenters. The molecule has 1 aliphatic carbocycles. The summed E-state index contributed by atoms with van der Waals surface area (Å²) in [4.78, 5) is 4.49. The summed E-state index contributed by atoms with van der Waals surface area (Å²) in [6.07, 6.45) is 7.60. The minimum Gasteiger partial charge on any atom is -0.440 e. The maximum Gasteiger partial charge on any atom is 0.198 e. The average molecular weight is 212 g/mol. The Morgan fingerprint density at radius 1 is 1.50 bits per heavy atom. The Kier molecular flexibility index (Phi) is 2.07. The maximum absolute atomic E-state index is 5.67. The maximum atomic E-state index is 5.67. The van der Waals surface area contributed by atoms with E-state index in [9.17, 15) is 0 Å². The van der Waals surface area contributed by atoms with Crippen LogP contribution in [0.15, 0.2) is 22.6 Å². The number of hydrogen-bond acceptors (Lipinski definition) is 3. The number of terminal acetylenes is 1. The van der Waals surface area contributed by atoms with Crippen LogP contribution in [0.1, 0.15) is 24.7 Å². The van der Waals surface area contributed by atoms with E-state index in [0.29, 0.717) is 12.5 Å². The van der Waals surface area contributed by atoms with Gasteiger partial charge in [0.05, 0.1) is 6.54 Å². The van der Waals surface area contributed by atoms with Crippen LogP contribution < -0.4 is 5.32 Å². The second-order valence-electron chi connectivity index (χ2n) is 4.07. The van der Waals surface area contributed by atoms with Gasteiger partial charge in [-0.2, -0.15) is 0 Å². The van der Waals surface area contributed by atoms with E-state index in [0.717, 1.165) is 22.7 Å². The zero-order valence-electron chi connectivity index (χ0n) is 8.86. The summed E-state index contributed by atoms with van der Waals surface area (Å²) in [5.41, 5.74) is 2.75. The van der Waals surface area contributed by atoms with Crippen LogP contribution in [0, 0.1) is 12.3 Å². The molecule has 0 bridgehead atoms. The van der Waals surface area contributed by atoms with E-state index in [2.05, 4.69) is 16.2 Å². The molecule has 3 rings (SSSR count). The van der Waals surface area contributed by atoms with E-state index in [1.165, 1.54) is 12.8 Å². The minimum absolute atomic E-state index is 0.527. The van der Waals surface area contributed by atoms with E-state index in [1.54, 1.807) is 0 Å². The molecule has 0 spiro atoms. The third-order valence-corrected chi connectivity index (χ3v) is 2.73. The van der Waals surface area contributed by atoms with Crippen molar-refractivity contribution in [3.8, 4) is 12.3 Å². The van der Waals surface area contributed by atoms with Crippen molar-refractivity contribution in [2.75, 3.05) is 11.9 Å². The van der Waals surface area contributed by atoms with E-state index in [4.69, 9.17) is 10.8 Å². The summed E-state index contributed by atoms with van der Waals surface area (Å²) in [5.74, 6) is 3.97. The largest absolute Gasteiger partial charge is 0.440 e. The van der Waals surface area contributed by atoms with E-state index in [1.807, 2.05) is 18.2 Å². The molecule has 80 valence electrons. The van der Waals surface area contributed by atoms with Crippen LogP contribution in [0.5, 0.6) is 0 Å². The van der Waals surface area contributed by atoms with Crippen LogP contribution in [0.2, 0.25) is 0 Å². The molecule has 0 saturated heterocycles. The van der Waals surface area contributed by atoms with Crippen molar-refractivity contribution < 1.29 is 4.42 Å². The zero-order chi connectivity index (χ0) is 11.0. The summed E-state index contributed by atoms with van der Waals surface area (Å²) < 4.78 is 5.67. The third kappa shape index (κ3) is 1.63. The van der Waals surface area contributed by atoms with Crippen LogP contribution >= 0.6 is 0 Å². The van der Waals surface area contributed by atoms with Gasteiger partial charge in [0.25, 0.3) is 0 Å². The fourth-order valence-corrected chi connectivity index (χ4v) is 1.71. The van der Waals surface area contributed by atoms with Crippen molar-refractivity contribution in [3.63, 3.8) is 0 Å². The SMILES string of the molecule is C#CCNc1ccc2oc(C3CC3)nc2c1. The fraction of sp³-hybridized carbons (Fsp3) is 0.308. The predicted molar refractivity (Wildman–Crippen MR) is 63.3 cm³/mol. The minimum atomic E-state index is 0.527. The molecule has 0 unspecified atom stereocenters. The molecule has 1 aliphatic rings. The Morgan fingerprint density at radius 2 is 2.38 bits per heavy atom. The number of benzene rings is 1. The Balaban J connectivity index is 1.94. The van der Waals surface area contributed by atoms with E-state index < -0.39 is 0 Å². The van der Waals surface area contributed by atoms with E-state index in [-0.39, 0.29) is 0 Å². The van der Waals surface area contributed by atoms with Crippen molar-refractivity contribution in [1.82, 2.24) is 4.98 Å². The molecule has 16 heavy (non-hydrogen) atoms.